The van der Waals surface area contributed by atoms with E-state index in [2.05, 4.69) is 14.9 Å². The summed E-state index contributed by atoms with van der Waals surface area (Å²) in [6.07, 6.45) is 0. The molecule has 1 aromatic heterocycles. The molecule has 0 amide bonds. The van der Waals surface area contributed by atoms with E-state index < -0.39 is 15.8 Å². The van der Waals surface area contributed by atoms with Gasteiger partial charge in [-0.2, -0.15) is 4.98 Å². The minimum absolute atomic E-state index is 0.00701. The Hall–Kier alpha value is -2.98. The maximum Gasteiger partial charge on any atom is 0.242 e. The van der Waals surface area contributed by atoms with Crippen molar-refractivity contribution in [3.05, 3.63) is 54.2 Å². The third-order valence-corrected chi connectivity index (χ3v) is 5.05. The first-order valence-electron chi connectivity index (χ1n) is 7.50. The van der Waals surface area contributed by atoms with E-state index in [4.69, 9.17) is 14.0 Å². The van der Waals surface area contributed by atoms with Crippen molar-refractivity contribution in [2.75, 3.05) is 6.79 Å². The van der Waals surface area contributed by atoms with E-state index in [-0.39, 0.29) is 35.5 Å². The summed E-state index contributed by atoms with van der Waals surface area (Å²) in [6.45, 7) is -0.189. The fourth-order valence-corrected chi connectivity index (χ4v) is 3.35. The number of hydrogen-bond donors (Lipinski definition) is 1. The van der Waals surface area contributed by atoms with Crippen molar-refractivity contribution >= 4 is 10.0 Å². The van der Waals surface area contributed by atoms with Crippen LogP contribution in [-0.2, 0) is 16.6 Å². The molecule has 1 N–H and O–H groups in total. The first-order chi connectivity index (χ1) is 12.5. The second-order valence-corrected chi connectivity index (χ2v) is 7.10. The first-order valence-corrected chi connectivity index (χ1v) is 8.98. The Bertz CT molecular complexity index is 1070. The van der Waals surface area contributed by atoms with Gasteiger partial charge in [0.15, 0.2) is 11.5 Å². The molecule has 0 aliphatic carbocycles. The Balaban J connectivity index is 1.50. The second kappa shape index (κ2) is 6.39. The minimum atomic E-state index is -3.83. The van der Waals surface area contributed by atoms with Crippen LogP contribution in [0, 0.1) is 5.82 Å². The van der Waals surface area contributed by atoms with Crippen LogP contribution in [0.1, 0.15) is 5.89 Å². The van der Waals surface area contributed by atoms with Gasteiger partial charge in [0.05, 0.1) is 17.0 Å². The fraction of sp³-hybridized carbons (Fsp3) is 0.125. The molecule has 26 heavy (non-hydrogen) atoms. The SMILES string of the molecule is O=S(=O)(NCc1nc(-c2ccccc2F)no1)c1ccc2c(c1)OCO2. The number of hydrogen-bond acceptors (Lipinski definition) is 7. The molecule has 0 saturated carbocycles. The standard InChI is InChI=1S/C16H12FN3O5S/c17-12-4-2-1-3-11(12)16-19-15(25-20-16)8-18-26(21,22)10-5-6-13-14(7-10)24-9-23-13/h1-7,18H,8-9H2. The van der Waals surface area contributed by atoms with Crippen molar-refractivity contribution < 1.29 is 26.8 Å². The van der Waals surface area contributed by atoms with E-state index in [1.54, 1.807) is 12.1 Å². The predicted octanol–water partition coefficient (Wildman–Crippen LogP) is 2.08. The number of nitrogens with one attached hydrogen (secondary N) is 1. The summed E-state index contributed by atoms with van der Waals surface area (Å²) in [4.78, 5) is 4.02. The molecule has 4 rings (SSSR count). The predicted molar refractivity (Wildman–Crippen MR) is 86.3 cm³/mol. The van der Waals surface area contributed by atoms with Crippen molar-refractivity contribution in [2.24, 2.45) is 0 Å². The van der Waals surface area contributed by atoms with Gasteiger partial charge in [-0.3, -0.25) is 0 Å². The molecule has 8 nitrogen and oxygen atoms in total. The van der Waals surface area contributed by atoms with E-state index in [9.17, 15) is 12.8 Å². The highest BCUT2D eigenvalue weighted by molar-refractivity contribution is 7.89. The van der Waals surface area contributed by atoms with Gasteiger partial charge in [0.2, 0.25) is 28.5 Å². The van der Waals surface area contributed by atoms with Gasteiger partial charge in [-0.1, -0.05) is 17.3 Å². The second-order valence-electron chi connectivity index (χ2n) is 5.33. The molecular formula is C16H12FN3O5S. The Morgan fingerprint density at radius 3 is 2.77 bits per heavy atom. The molecule has 2 heterocycles. The zero-order valence-electron chi connectivity index (χ0n) is 13.2. The third-order valence-electron chi connectivity index (χ3n) is 3.65. The number of halogens is 1. The molecule has 0 spiro atoms. The van der Waals surface area contributed by atoms with Crippen molar-refractivity contribution in [1.29, 1.82) is 0 Å². The van der Waals surface area contributed by atoms with Crippen LogP contribution >= 0.6 is 0 Å². The number of sulfonamides is 1. The summed E-state index contributed by atoms with van der Waals surface area (Å²) in [6, 6.07) is 10.2. The lowest BCUT2D eigenvalue weighted by Crippen LogP contribution is -2.23. The van der Waals surface area contributed by atoms with Gasteiger partial charge < -0.3 is 14.0 Å². The van der Waals surface area contributed by atoms with Crippen molar-refractivity contribution in [1.82, 2.24) is 14.9 Å². The van der Waals surface area contributed by atoms with Gasteiger partial charge in [-0.05, 0) is 24.3 Å². The van der Waals surface area contributed by atoms with Crippen LogP contribution in [0.4, 0.5) is 4.39 Å². The largest absolute Gasteiger partial charge is 0.454 e. The van der Waals surface area contributed by atoms with E-state index >= 15 is 0 Å². The van der Waals surface area contributed by atoms with Crippen LogP contribution in [0.2, 0.25) is 0 Å². The van der Waals surface area contributed by atoms with Crippen molar-refractivity contribution in [2.45, 2.75) is 11.4 Å². The first kappa shape index (κ1) is 16.5. The van der Waals surface area contributed by atoms with Crippen LogP contribution in [0.15, 0.2) is 51.9 Å². The lowest BCUT2D eigenvalue weighted by molar-refractivity contribution is 0.174. The summed E-state index contributed by atoms with van der Waals surface area (Å²) in [7, 11) is -3.83. The zero-order chi connectivity index (χ0) is 18.1. The molecule has 0 saturated heterocycles. The molecule has 2 aromatic carbocycles. The summed E-state index contributed by atoms with van der Waals surface area (Å²) >= 11 is 0. The number of rotatable bonds is 5. The lowest BCUT2D eigenvalue weighted by atomic mass is 10.2. The number of nitrogens with zero attached hydrogens (tertiary/aromatic N) is 2. The smallest absolute Gasteiger partial charge is 0.242 e. The van der Waals surface area contributed by atoms with Crippen LogP contribution in [0.3, 0.4) is 0 Å². The van der Waals surface area contributed by atoms with Crippen LogP contribution in [0.25, 0.3) is 11.4 Å². The van der Waals surface area contributed by atoms with Crippen LogP contribution in [0.5, 0.6) is 11.5 Å². The van der Waals surface area contributed by atoms with E-state index in [0.29, 0.717) is 11.5 Å². The van der Waals surface area contributed by atoms with Crippen LogP contribution < -0.4 is 14.2 Å². The maximum absolute atomic E-state index is 13.7. The van der Waals surface area contributed by atoms with Gasteiger partial charge in [0.25, 0.3) is 0 Å². The zero-order valence-corrected chi connectivity index (χ0v) is 14.0. The van der Waals surface area contributed by atoms with E-state index in [0.717, 1.165) is 0 Å². The molecule has 3 aromatic rings. The minimum Gasteiger partial charge on any atom is -0.454 e. The molecule has 1 aliphatic heterocycles. The molecule has 0 radical (unpaired) electrons. The number of fused-ring (bicyclic) bond motifs is 1. The number of ether oxygens (including phenoxy) is 2. The quantitative estimate of drug-likeness (QED) is 0.726. The van der Waals surface area contributed by atoms with Crippen molar-refractivity contribution in [3.8, 4) is 22.9 Å². The maximum atomic E-state index is 13.7. The Morgan fingerprint density at radius 2 is 1.92 bits per heavy atom. The van der Waals surface area contributed by atoms with E-state index in [1.807, 2.05) is 0 Å². The molecule has 0 bridgehead atoms. The number of aromatic nitrogens is 2. The van der Waals surface area contributed by atoms with Gasteiger partial charge >= 0.3 is 0 Å². The Labute approximate surface area is 147 Å². The van der Waals surface area contributed by atoms with Gasteiger partial charge in [-0.15, -0.1) is 0 Å². The summed E-state index contributed by atoms with van der Waals surface area (Å²) in [5.74, 6) is 0.386. The van der Waals surface area contributed by atoms with Gasteiger partial charge in [-0.25, -0.2) is 17.5 Å². The third kappa shape index (κ3) is 3.11. The van der Waals surface area contributed by atoms with Crippen LogP contribution in [-0.4, -0.2) is 25.4 Å². The summed E-state index contributed by atoms with van der Waals surface area (Å²) < 4.78 is 56.1. The molecule has 0 fully saturated rings. The molecule has 0 unspecified atom stereocenters. The molecular weight excluding hydrogens is 365 g/mol. The Morgan fingerprint density at radius 1 is 1.12 bits per heavy atom. The molecule has 10 heteroatoms. The average molecular weight is 377 g/mol. The average Bonchev–Trinajstić information content (AvgIpc) is 3.29. The topological polar surface area (TPSA) is 104 Å². The highest BCUT2D eigenvalue weighted by Crippen LogP contribution is 2.33. The number of benzene rings is 2. The monoisotopic (exact) mass is 377 g/mol. The lowest BCUT2D eigenvalue weighted by Gasteiger charge is -2.05. The highest BCUT2D eigenvalue weighted by atomic mass is 32.2. The normalized spacial score (nSPS) is 13.1. The highest BCUT2D eigenvalue weighted by Gasteiger charge is 2.21. The molecule has 1 aliphatic rings. The molecule has 0 atom stereocenters. The van der Waals surface area contributed by atoms with Crippen molar-refractivity contribution in [3.63, 3.8) is 0 Å². The van der Waals surface area contributed by atoms with E-state index in [1.165, 1.54) is 30.3 Å². The summed E-state index contributed by atoms with van der Waals surface area (Å²) in [5.41, 5.74) is 0.168. The fourth-order valence-electron chi connectivity index (χ4n) is 2.36. The van der Waals surface area contributed by atoms with Gasteiger partial charge in [0, 0.05) is 6.07 Å². The van der Waals surface area contributed by atoms with Gasteiger partial charge in [0.1, 0.15) is 5.82 Å². The molecule has 134 valence electrons. The summed E-state index contributed by atoms with van der Waals surface area (Å²) in [5, 5.41) is 3.67. The Kier molecular flexibility index (Phi) is 4.05.